The van der Waals surface area contributed by atoms with E-state index in [9.17, 15) is 4.79 Å². The van der Waals surface area contributed by atoms with E-state index in [1.165, 1.54) is 5.56 Å². The Kier molecular flexibility index (Phi) is 6.33. The number of carbonyl (C=O) groups excluding carboxylic acids is 1. The lowest BCUT2D eigenvalue weighted by atomic mass is 10.2. The first-order chi connectivity index (χ1) is 12.8. The molecule has 1 saturated heterocycles. The second kappa shape index (κ2) is 9.10. The fourth-order valence-corrected chi connectivity index (χ4v) is 2.91. The fraction of sp³-hybridized carbons (Fsp3) is 0.350. The van der Waals surface area contributed by atoms with E-state index in [-0.39, 0.29) is 5.91 Å². The number of hydrogen-bond donors (Lipinski definition) is 1. The van der Waals surface area contributed by atoms with Crippen molar-refractivity contribution in [3.63, 3.8) is 0 Å². The van der Waals surface area contributed by atoms with Crippen LogP contribution >= 0.6 is 0 Å². The quantitative estimate of drug-likeness (QED) is 0.866. The van der Waals surface area contributed by atoms with Crippen molar-refractivity contribution in [1.82, 2.24) is 19.8 Å². The number of piperazine rings is 1. The number of benzene rings is 1. The summed E-state index contributed by atoms with van der Waals surface area (Å²) in [7, 11) is 0. The highest BCUT2D eigenvalue weighted by molar-refractivity contribution is 5.93. The van der Waals surface area contributed by atoms with Gasteiger partial charge in [0, 0.05) is 51.7 Å². The van der Waals surface area contributed by atoms with Crippen LogP contribution in [0.3, 0.4) is 0 Å². The van der Waals surface area contributed by atoms with Crippen LogP contribution in [0, 0.1) is 0 Å². The van der Waals surface area contributed by atoms with Gasteiger partial charge in [0.1, 0.15) is 0 Å². The Morgan fingerprint density at radius 3 is 2.46 bits per heavy atom. The molecule has 1 aliphatic rings. The summed E-state index contributed by atoms with van der Waals surface area (Å²) in [6.45, 7) is 6.85. The number of rotatable bonds is 6. The van der Waals surface area contributed by atoms with Gasteiger partial charge in [-0.2, -0.15) is 0 Å². The summed E-state index contributed by atoms with van der Waals surface area (Å²) in [4.78, 5) is 25.2. The lowest BCUT2D eigenvalue weighted by Crippen LogP contribution is -2.48. The van der Waals surface area contributed by atoms with Crippen molar-refractivity contribution in [1.29, 1.82) is 0 Å². The van der Waals surface area contributed by atoms with Gasteiger partial charge in [-0.3, -0.25) is 9.69 Å². The maximum Gasteiger partial charge on any atom is 0.257 e. The highest BCUT2D eigenvalue weighted by Crippen LogP contribution is 2.09. The number of nitrogens with zero attached hydrogens (tertiary/aromatic N) is 4. The van der Waals surface area contributed by atoms with Crippen molar-refractivity contribution in [2.45, 2.75) is 6.92 Å². The van der Waals surface area contributed by atoms with Gasteiger partial charge in [-0.05, 0) is 12.5 Å². The van der Waals surface area contributed by atoms with E-state index in [0.717, 1.165) is 39.3 Å². The summed E-state index contributed by atoms with van der Waals surface area (Å²) >= 11 is 0. The largest absolute Gasteiger partial charge is 0.355 e. The predicted molar refractivity (Wildman–Crippen MR) is 104 cm³/mol. The summed E-state index contributed by atoms with van der Waals surface area (Å²) in [5.41, 5.74) is 1.76. The molecule has 0 unspecified atom stereocenters. The Morgan fingerprint density at radius 1 is 1.12 bits per heavy atom. The Balaban J connectivity index is 1.47. The molecule has 3 rings (SSSR count). The number of aromatic nitrogens is 2. The molecule has 0 bridgehead atoms. The van der Waals surface area contributed by atoms with E-state index < -0.39 is 0 Å². The topological polar surface area (TPSA) is 61.4 Å². The van der Waals surface area contributed by atoms with Crippen molar-refractivity contribution in [3.05, 3.63) is 59.9 Å². The third-order valence-corrected chi connectivity index (χ3v) is 4.37. The van der Waals surface area contributed by atoms with Gasteiger partial charge in [0.05, 0.1) is 5.56 Å². The molecule has 1 fully saturated rings. The Morgan fingerprint density at radius 2 is 1.81 bits per heavy atom. The van der Waals surface area contributed by atoms with Crippen molar-refractivity contribution in [3.8, 4) is 0 Å². The molecule has 0 spiro atoms. The summed E-state index contributed by atoms with van der Waals surface area (Å²) in [5.74, 6) is 0.562. The minimum atomic E-state index is 0.00697. The maximum absolute atomic E-state index is 12.6. The number of carbonyl (C=O) groups is 1. The molecule has 136 valence electrons. The first kappa shape index (κ1) is 18.1. The first-order valence-corrected chi connectivity index (χ1v) is 9.05. The molecular formula is C20H25N5O. The molecule has 0 radical (unpaired) electrons. The lowest BCUT2D eigenvalue weighted by Gasteiger charge is -2.34. The summed E-state index contributed by atoms with van der Waals surface area (Å²) in [6, 6.07) is 10.3. The molecule has 0 aliphatic carbocycles. The van der Waals surface area contributed by atoms with Gasteiger partial charge in [-0.1, -0.05) is 42.5 Å². The van der Waals surface area contributed by atoms with Crippen LogP contribution in [0.4, 0.5) is 5.95 Å². The number of amides is 1. The molecule has 1 N–H and O–H groups in total. The molecule has 1 aromatic heterocycles. The van der Waals surface area contributed by atoms with Crippen LogP contribution in [0.15, 0.2) is 48.8 Å². The molecule has 6 nitrogen and oxygen atoms in total. The van der Waals surface area contributed by atoms with E-state index >= 15 is 0 Å². The zero-order valence-corrected chi connectivity index (χ0v) is 15.1. The van der Waals surface area contributed by atoms with Gasteiger partial charge in [0.2, 0.25) is 5.95 Å². The molecule has 6 heteroatoms. The van der Waals surface area contributed by atoms with Crippen molar-refractivity contribution < 1.29 is 4.79 Å². The van der Waals surface area contributed by atoms with Gasteiger partial charge in [-0.25, -0.2) is 9.97 Å². The zero-order chi connectivity index (χ0) is 18.2. The number of nitrogens with one attached hydrogen (secondary N) is 1. The zero-order valence-electron chi connectivity index (χ0n) is 15.1. The molecule has 1 aromatic carbocycles. The molecule has 1 amide bonds. The number of hydrogen-bond acceptors (Lipinski definition) is 5. The van der Waals surface area contributed by atoms with Crippen molar-refractivity contribution in [2.75, 3.05) is 44.6 Å². The average molecular weight is 351 g/mol. The molecule has 0 saturated carbocycles. The van der Waals surface area contributed by atoms with E-state index in [1.54, 1.807) is 12.4 Å². The van der Waals surface area contributed by atoms with Crippen LogP contribution in [0.2, 0.25) is 0 Å². The normalized spacial score (nSPS) is 15.3. The third kappa shape index (κ3) is 4.89. The Labute approximate surface area is 154 Å². The minimum absolute atomic E-state index is 0.00697. The third-order valence-electron chi connectivity index (χ3n) is 4.37. The van der Waals surface area contributed by atoms with Crippen LogP contribution in [0.25, 0.3) is 6.08 Å². The van der Waals surface area contributed by atoms with Gasteiger partial charge < -0.3 is 10.2 Å². The van der Waals surface area contributed by atoms with Crippen LogP contribution < -0.4 is 5.32 Å². The van der Waals surface area contributed by atoms with Crippen LogP contribution in [0.5, 0.6) is 0 Å². The van der Waals surface area contributed by atoms with E-state index in [0.29, 0.717) is 11.5 Å². The van der Waals surface area contributed by atoms with Gasteiger partial charge >= 0.3 is 0 Å². The lowest BCUT2D eigenvalue weighted by molar-refractivity contribution is 0.0649. The van der Waals surface area contributed by atoms with Crippen LogP contribution in [0.1, 0.15) is 22.8 Å². The monoisotopic (exact) mass is 351 g/mol. The standard InChI is InChI=1S/C20H25N5O/c1-2-21-20-22-15-18(16-23-20)19(26)25-13-11-24(12-14-25)10-6-9-17-7-4-3-5-8-17/h3-9,15-16H,2,10-14H2,1H3,(H,21,22,23). The smallest absolute Gasteiger partial charge is 0.257 e. The van der Waals surface area contributed by atoms with E-state index in [2.05, 4.69) is 44.5 Å². The minimum Gasteiger partial charge on any atom is -0.355 e. The van der Waals surface area contributed by atoms with Crippen LogP contribution in [-0.4, -0.2) is 64.9 Å². The first-order valence-electron chi connectivity index (χ1n) is 9.05. The van der Waals surface area contributed by atoms with E-state index in [4.69, 9.17) is 0 Å². The highest BCUT2D eigenvalue weighted by atomic mass is 16.2. The predicted octanol–water partition coefficient (Wildman–Crippen LogP) is 2.38. The molecule has 1 aliphatic heterocycles. The summed E-state index contributed by atoms with van der Waals surface area (Å²) in [6.07, 6.45) is 7.52. The highest BCUT2D eigenvalue weighted by Gasteiger charge is 2.22. The molecular weight excluding hydrogens is 326 g/mol. The summed E-state index contributed by atoms with van der Waals surface area (Å²) in [5, 5.41) is 3.03. The van der Waals surface area contributed by atoms with Crippen molar-refractivity contribution in [2.24, 2.45) is 0 Å². The van der Waals surface area contributed by atoms with Gasteiger partial charge in [0.15, 0.2) is 0 Å². The Bertz CT molecular complexity index is 722. The van der Waals surface area contributed by atoms with Gasteiger partial charge in [-0.15, -0.1) is 0 Å². The molecule has 2 aromatic rings. The van der Waals surface area contributed by atoms with Gasteiger partial charge in [0.25, 0.3) is 5.91 Å². The second-order valence-corrected chi connectivity index (χ2v) is 6.23. The molecule has 2 heterocycles. The maximum atomic E-state index is 12.6. The Hall–Kier alpha value is -2.73. The molecule has 0 atom stereocenters. The SMILES string of the molecule is CCNc1ncc(C(=O)N2CCN(CC=Cc3ccccc3)CC2)cn1. The van der Waals surface area contributed by atoms with E-state index in [1.807, 2.05) is 30.0 Å². The van der Waals surface area contributed by atoms with Crippen molar-refractivity contribution >= 4 is 17.9 Å². The summed E-state index contributed by atoms with van der Waals surface area (Å²) < 4.78 is 0. The fourth-order valence-electron chi connectivity index (χ4n) is 2.91. The average Bonchev–Trinajstić information content (AvgIpc) is 2.70. The van der Waals surface area contributed by atoms with Crippen LogP contribution in [-0.2, 0) is 0 Å². The number of anilines is 1. The molecule has 26 heavy (non-hydrogen) atoms. The second-order valence-electron chi connectivity index (χ2n) is 6.23.